The molecule has 0 spiro atoms. The maximum atomic E-state index is 13.0. The predicted molar refractivity (Wildman–Crippen MR) is 107 cm³/mol. The van der Waals surface area contributed by atoms with Gasteiger partial charge in [0, 0.05) is 24.4 Å². The van der Waals surface area contributed by atoms with Crippen molar-refractivity contribution >= 4 is 5.69 Å². The zero-order chi connectivity index (χ0) is 22.2. The monoisotopic (exact) mass is 430 g/mol. The summed E-state index contributed by atoms with van der Waals surface area (Å²) >= 11 is 0. The van der Waals surface area contributed by atoms with Crippen molar-refractivity contribution in [1.82, 2.24) is 14.3 Å². The Labute approximate surface area is 174 Å². The molecule has 1 aliphatic rings. The van der Waals surface area contributed by atoms with Crippen molar-refractivity contribution in [1.29, 1.82) is 0 Å². The normalized spacial score (nSPS) is 15.4. The number of hydrogen-bond acceptors (Lipinski definition) is 5. The van der Waals surface area contributed by atoms with E-state index in [2.05, 4.69) is 15.2 Å². The highest BCUT2D eigenvalue weighted by Gasteiger charge is 2.31. The van der Waals surface area contributed by atoms with Crippen molar-refractivity contribution < 1.29 is 17.9 Å². The van der Waals surface area contributed by atoms with Crippen LogP contribution in [-0.2, 0) is 13.5 Å². The lowest BCUT2D eigenvalue weighted by atomic mass is 9.95. The Morgan fingerprint density at radius 1 is 1.13 bits per heavy atom. The number of rotatable bonds is 4. The molecule has 0 radical (unpaired) electrons. The van der Waals surface area contributed by atoms with Crippen LogP contribution in [0.2, 0.25) is 0 Å². The van der Waals surface area contributed by atoms with Crippen molar-refractivity contribution in [2.45, 2.75) is 18.8 Å². The molecule has 10 heteroatoms. The van der Waals surface area contributed by atoms with E-state index < -0.39 is 12.4 Å². The lowest BCUT2D eigenvalue weighted by Crippen LogP contribution is -2.30. The Kier molecular flexibility index (Phi) is 5.14. The summed E-state index contributed by atoms with van der Waals surface area (Å²) in [6.07, 6.45) is 2.41. The first-order chi connectivity index (χ1) is 14.7. The lowest BCUT2D eigenvalue weighted by molar-refractivity contribution is -0.274. The zero-order valence-corrected chi connectivity index (χ0v) is 16.3. The average molecular weight is 430 g/mol. The van der Waals surface area contributed by atoms with E-state index in [9.17, 15) is 22.8 Å². The van der Waals surface area contributed by atoms with E-state index in [1.165, 1.54) is 22.9 Å². The second-order valence-corrected chi connectivity index (χ2v) is 6.93. The number of pyridine rings is 1. The highest BCUT2D eigenvalue weighted by atomic mass is 19.4. The predicted octanol–water partition coefficient (Wildman–Crippen LogP) is 3.10. The van der Waals surface area contributed by atoms with Gasteiger partial charge in [0.2, 0.25) is 0 Å². The highest BCUT2D eigenvalue weighted by molar-refractivity contribution is 5.48. The summed E-state index contributed by atoms with van der Waals surface area (Å²) in [5.74, 6) is -0.390. The largest absolute Gasteiger partial charge is 0.573 e. The van der Waals surface area contributed by atoms with Crippen LogP contribution in [0.15, 0.2) is 70.5 Å². The van der Waals surface area contributed by atoms with Gasteiger partial charge in [0.05, 0.1) is 17.9 Å². The van der Waals surface area contributed by atoms with Crippen molar-refractivity contribution in [3.05, 3.63) is 92.8 Å². The molecule has 3 aromatic rings. The van der Waals surface area contributed by atoms with E-state index in [1.807, 2.05) is 12.2 Å². The second kappa shape index (κ2) is 7.78. The molecule has 0 bridgehead atoms. The van der Waals surface area contributed by atoms with Gasteiger partial charge in [-0.3, -0.25) is 9.59 Å². The fraction of sp³-hybridized carbons (Fsp3) is 0.190. The molecule has 0 fully saturated rings. The minimum Gasteiger partial charge on any atom is -0.406 e. The third-order valence-corrected chi connectivity index (χ3v) is 4.85. The maximum Gasteiger partial charge on any atom is 0.573 e. The molecule has 2 heterocycles. The number of aromatic nitrogens is 3. The van der Waals surface area contributed by atoms with Crippen molar-refractivity contribution in [2.24, 2.45) is 7.05 Å². The van der Waals surface area contributed by atoms with Crippen LogP contribution in [0.1, 0.15) is 17.2 Å². The molecule has 1 N–H and O–H groups in total. The molecule has 1 atom stereocenters. The molecule has 4 rings (SSSR count). The van der Waals surface area contributed by atoms with Crippen LogP contribution in [0.4, 0.5) is 18.9 Å². The molecule has 0 saturated heterocycles. The molecule has 0 amide bonds. The number of alkyl halides is 3. The molecule has 31 heavy (non-hydrogen) atoms. The van der Waals surface area contributed by atoms with Crippen LogP contribution in [0.5, 0.6) is 5.75 Å². The number of hydrogen-bond donors (Lipinski definition) is 1. The summed E-state index contributed by atoms with van der Waals surface area (Å²) in [7, 11) is 1.64. The number of halogens is 3. The van der Waals surface area contributed by atoms with Crippen LogP contribution in [0.3, 0.4) is 0 Å². The third kappa shape index (κ3) is 4.23. The highest BCUT2D eigenvalue weighted by Crippen LogP contribution is 2.26. The molecule has 1 unspecified atom stereocenters. The molecule has 0 aliphatic heterocycles. The first-order valence-corrected chi connectivity index (χ1v) is 9.29. The first kappa shape index (κ1) is 20.5. The Morgan fingerprint density at radius 3 is 2.58 bits per heavy atom. The van der Waals surface area contributed by atoms with E-state index in [-0.39, 0.29) is 16.9 Å². The Morgan fingerprint density at radius 2 is 1.87 bits per heavy atom. The van der Waals surface area contributed by atoms with Gasteiger partial charge < -0.3 is 14.6 Å². The zero-order valence-electron chi connectivity index (χ0n) is 16.3. The first-order valence-electron chi connectivity index (χ1n) is 9.29. The van der Waals surface area contributed by atoms with E-state index in [0.717, 1.165) is 16.8 Å². The maximum absolute atomic E-state index is 13.0. The van der Waals surface area contributed by atoms with Crippen LogP contribution in [0.25, 0.3) is 5.69 Å². The number of ether oxygens (including phenoxy) is 1. The number of anilines is 1. The summed E-state index contributed by atoms with van der Waals surface area (Å²) < 4.78 is 43.4. The van der Waals surface area contributed by atoms with E-state index >= 15 is 0 Å². The molecular formula is C21H17F3N4O3. The average Bonchev–Trinajstić information content (AvgIpc) is 2.72. The Hall–Kier alpha value is -3.82. The van der Waals surface area contributed by atoms with Crippen molar-refractivity contribution in [2.75, 3.05) is 5.32 Å². The smallest absolute Gasteiger partial charge is 0.406 e. The van der Waals surface area contributed by atoms with Gasteiger partial charge in [0.15, 0.2) is 0 Å². The van der Waals surface area contributed by atoms with Gasteiger partial charge in [-0.1, -0.05) is 12.2 Å². The topological polar surface area (TPSA) is 78.2 Å². The Bertz CT molecular complexity index is 1260. The molecule has 1 aliphatic carbocycles. The summed E-state index contributed by atoms with van der Waals surface area (Å²) in [4.78, 5) is 25.3. The van der Waals surface area contributed by atoms with E-state index in [0.29, 0.717) is 28.9 Å². The lowest BCUT2D eigenvalue weighted by Gasteiger charge is -2.22. The van der Waals surface area contributed by atoms with Crippen LogP contribution < -0.4 is 21.2 Å². The number of nitrogens with one attached hydrogen (secondary N) is 1. The standard InChI is InChI=1S/C21H17F3N4O3/c1-27-11-3-6-18(20(27)30)26-17-5-2-4-15-16(17)12-25-28(19(15)29)13-7-9-14(10-8-13)31-21(22,23)24/h2-3,5-12,17,26H,4H2,1H3. The van der Waals surface area contributed by atoms with Gasteiger partial charge >= 0.3 is 6.36 Å². The fourth-order valence-corrected chi connectivity index (χ4v) is 3.37. The molecule has 2 aromatic heterocycles. The molecule has 160 valence electrons. The summed E-state index contributed by atoms with van der Waals surface area (Å²) in [6.45, 7) is 0. The molecule has 7 nitrogen and oxygen atoms in total. The SMILES string of the molecule is Cn1cccc(NC2C=CCc3c2cnn(-c2ccc(OC(F)(F)F)cc2)c3=O)c1=O. The van der Waals surface area contributed by atoms with Gasteiger partial charge in [-0.05, 0) is 42.8 Å². The number of allylic oxidation sites excluding steroid dienone is 1. The van der Waals surface area contributed by atoms with E-state index in [4.69, 9.17) is 0 Å². The minimum atomic E-state index is -4.80. The van der Waals surface area contributed by atoms with E-state index in [1.54, 1.807) is 25.4 Å². The summed E-state index contributed by atoms with van der Waals surface area (Å²) in [5.41, 5.74) is 1.21. The van der Waals surface area contributed by atoms with Gasteiger partial charge in [0.1, 0.15) is 11.4 Å². The third-order valence-electron chi connectivity index (χ3n) is 4.85. The second-order valence-electron chi connectivity index (χ2n) is 6.93. The van der Waals surface area contributed by atoms with Gasteiger partial charge in [-0.15, -0.1) is 13.2 Å². The van der Waals surface area contributed by atoms with Gasteiger partial charge in [-0.25, -0.2) is 0 Å². The molecule has 0 saturated carbocycles. The molecular weight excluding hydrogens is 413 g/mol. The van der Waals surface area contributed by atoms with Crippen LogP contribution in [-0.4, -0.2) is 20.7 Å². The Balaban J connectivity index is 1.65. The minimum absolute atomic E-state index is 0.203. The van der Waals surface area contributed by atoms with Crippen LogP contribution >= 0.6 is 0 Å². The fourth-order valence-electron chi connectivity index (χ4n) is 3.37. The number of aryl methyl sites for hydroxylation is 1. The van der Waals surface area contributed by atoms with Gasteiger partial charge in [-0.2, -0.15) is 9.78 Å². The molecule has 1 aromatic carbocycles. The van der Waals surface area contributed by atoms with Crippen molar-refractivity contribution in [3.8, 4) is 11.4 Å². The van der Waals surface area contributed by atoms with Crippen LogP contribution in [0, 0.1) is 0 Å². The quantitative estimate of drug-likeness (QED) is 0.644. The number of fused-ring (bicyclic) bond motifs is 1. The van der Waals surface area contributed by atoms with Gasteiger partial charge in [0.25, 0.3) is 11.1 Å². The summed E-state index contributed by atoms with van der Waals surface area (Å²) in [6, 6.07) is 7.85. The van der Waals surface area contributed by atoms with Crippen molar-refractivity contribution in [3.63, 3.8) is 0 Å². The summed E-state index contributed by atoms with van der Waals surface area (Å²) in [5, 5.41) is 7.31. The number of benzene rings is 1. The number of nitrogens with zero attached hydrogens (tertiary/aromatic N) is 3.